The summed E-state index contributed by atoms with van der Waals surface area (Å²) in [6.45, 7) is 2.01. The second-order valence-electron chi connectivity index (χ2n) is 6.51. The molecular formula is C22H23FN4O3S. The minimum Gasteiger partial charge on any atom is -0.326 e. The number of hydrazine groups is 1. The third-order valence-electron chi connectivity index (χ3n) is 4.01. The standard InChI is InChI=1S/C22H23FN4O3S/c1-2-3-4-19(28)24-18-12-8-16(9-13-18)21(30)26-27-22(31)25-20(29)14-7-15-5-10-17(23)11-6-15/h5-14H,2-4H2,1H3,(H,24,28)(H,26,30)(H2,25,27,29,31)/b14-7+. The maximum atomic E-state index is 12.9. The van der Waals surface area contributed by atoms with E-state index in [1.807, 2.05) is 6.92 Å². The van der Waals surface area contributed by atoms with Gasteiger partial charge in [-0.2, -0.15) is 0 Å². The quantitative estimate of drug-likeness (QED) is 0.300. The van der Waals surface area contributed by atoms with Crippen molar-refractivity contribution in [2.45, 2.75) is 26.2 Å². The van der Waals surface area contributed by atoms with Crippen LogP contribution in [0.1, 0.15) is 42.1 Å². The normalized spacial score (nSPS) is 10.4. The second kappa shape index (κ2) is 12.2. The fourth-order valence-electron chi connectivity index (χ4n) is 2.38. The lowest BCUT2D eigenvalue weighted by atomic mass is 10.2. The van der Waals surface area contributed by atoms with Crippen LogP contribution in [-0.2, 0) is 9.59 Å². The van der Waals surface area contributed by atoms with E-state index in [1.165, 1.54) is 36.4 Å². The smallest absolute Gasteiger partial charge is 0.269 e. The van der Waals surface area contributed by atoms with Gasteiger partial charge in [0.1, 0.15) is 5.82 Å². The van der Waals surface area contributed by atoms with Crippen LogP contribution in [0.25, 0.3) is 6.08 Å². The molecule has 7 nitrogen and oxygen atoms in total. The SMILES string of the molecule is CCCCC(=O)Nc1ccc(C(=O)NNC(=S)NC(=O)/C=C/c2ccc(F)cc2)cc1. The first-order chi connectivity index (χ1) is 14.9. The second-order valence-corrected chi connectivity index (χ2v) is 6.92. The third kappa shape index (κ3) is 8.75. The zero-order valence-corrected chi connectivity index (χ0v) is 17.7. The maximum Gasteiger partial charge on any atom is 0.269 e. The fourth-order valence-corrected chi connectivity index (χ4v) is 2.53. The highest BCUT2D eigenvalue weighted by molar-refractivity contribution is 7.80. The number of amides is 3. The Morgan fingerprint density at radius 2 is 1.68 bits per heavy atom. The molecule has 0 saturated carbocycles. The summed E-state index contributed by atoms with van der Waals surface area (Å²) >= 11 is 4.96. The first kappa shape index (κ1) is 23.7. The van der Waals surface area contributed by atoms with E-state index in [-0.39, 0.29) is 16.8 Å². The molecule has 0 fully saturated rings. The molecule has 31 heavy (non-hydrogen) atoms. The molecule has 0 radical (unpaired) electrons. The van der Waals surface area contributed by atoms with Crippen LogP contribution in [0.2, 0.25) is 0 Å². The van der Waals surface area contributed by atoms with Crippen LogP contribution >= 0.6 is 12.2 Å². The molecule has 0 aliphatic heterocycles. The zero-order chi connectivity index (χ0) is 22.6. The van der Waals surface area contributed by atoms with Gasteiger partial charge in [0.05, 0.1) is 0 Å². The molecule has 4 N–H and O–H groups in total. The van der Waals surface area contributed by atoms with Gasteiger partial charge in [0.2, 0.25) is 11.8 Å². The number of anilines is 1. The van der Waals surface area contributed by atoms with Crippen molar-refractivity contribution in [2.75, 3.05) is 5.32 Å². The highest BCUT2D eigenvalue weighted by atomic mass is 32.1. The highest BCUT2D eigenvalue weighted by Gasteiger charge is 2.08. The molecule has 2 rings (SSSR count). The predicted octanol–water partition coefficient (Wildman–Crippen LogP) is 3.30. The number of nitrogens with one attached hydrogen (secondary N) is 4. The van der Waals surface area contributed by atoms with E-state index in [0.29, 0.717) is 23.2 Å². The van der Waals surface area contributed by atoms with Crippen molar-refractivity contribution in [3.63, 3.8) is 0 Å². The van der Waals surface area contributed by atoms with E-state index < -0.39 is 11.8 Å². The van der Waals surface area contributed by atoms with E-state index in [2.05, 4.69) is 21.5 Å². The van der Waals surface area contributed by atoms with Crippen molar-refractivity contribution in [3.8, 4) is 0 Å². The Morgan fingerprint density at radius 3 is 2.32 bits per heavy atom. The third-order valence-corrected chi connectivity index (χ3v) is 4.22. The first-order valence-corrected chi connectivity index (χ1v) is 10.0. The Kier molecular flexibility index (Phi) is 9.31. The number of hydrogen-bond acceptors (Lipinski definition) is 4. The summed E-state index contributed by atoms with van der Waals surface area (Å²) in [6.07, 6.45) is 4.93. The van der Waals surface area contributed by atoms with E-state index in [9.17, 15) is 18.8 Å². The van der Waals surface area contributed by atoms with Gasteiger partial charge in [-0.3, -0.25) is 30.6 Å². The molecule has 0 saturated heterocycles. The summed E-state index contributed by atoms with van der Waals surface area (Å²) in [5.41, 5.74) is 6.39. The number of halogens is 1. The molecule has 0 heterocycles. The fraction of sp³-hybridized carbons (Fsp3) is 0.182. The molecular weight excluding hydrogens is 419 g/mol. The van der Waals surface area contributed by atoms with E-state index in [0.717, 1.165) is 12.8 Å². The molecule has 0 aromatic heterocycles. The molecule has 0 aliphatic rings. The van der Waals surface area contributed by atoms with Gasteiger partial charge in [-0.05, 0) is 66.7 Å². The molecule has 0 atom stereocenters. The van der Waals surface area contributed by atoms with Gasteiger partial charge in [0.25, 0.3) is 5.91 Å². The monoisotopic (exact) mass is 442 g/mol. The summed E-state index contributed by atoms with van der Waals surface area (Å²) in [6, 6.07) is 12.0. The average Bonchev–Trinajstić information content (AvgIpc) is 2.76. The number of thiocarbonyl (C=S) groups is 1. The van der Waals surface area contributed by atoms with Gasteiger partial charge in [0.15, 0.2) is 5.11 Å². The molecule has 2 aromatic carbocycles. The number of hydrogen-bond donors (Lipinski definition) is 4. The molecule has 0 aliphatic carbocycles. The molecule has 9 heteroatoms. The number of rotatable bonds is 7. The number of carbonyl (C=O) groups excluding carboxylic acids is 3. The molecule has 162 valence electrons. The average molecular weight is 443 g/mol. The summed E-state index contributed by atoms with van der Waals surface area (Å²) in [5.74, 6) is -1.43. The Balaban J connectivity index is 1.76. The summed E-state index contributed by atoms with van der Waals surface area (Å²) in [4.78, 5) is 35.8. The van der Waals surface area contributed by atoms with Gasteiger partial charge in [0, 0.05) is 23.7 Å². The van der Waals surface area contributed by atoms with Gasteiger partial charge >= 0.3 is 0 Å². The van der Waals surface area contributed by atoms with Gasteiger partial charge in [-0.15, -0.1) is 0 Å². The van der Waals surface area contributed by atoms with Crippen molar-refractivity contribution in [3.05, 3.63) is 71.6 Å². The lowest BCUT2D eigenvalue weighted by Gasteiger charge is -2.10. The number of carbonyl (C=O) groups is 3. The largest absolute Gasteiger partial charge is 0.326 e. The number of unbranched alkanes of at least 4 members (excludes halogenated alkanes) is 1. The minimum absolute atomic E-state index is 0.0738. The van der Waals surface area contributed by atoms with E-state index in [1.54, 1.807) is 24.3 Å². The summed E-state index contributed by atoms with van der Waals surface area (Å²) < 4.78 is 12.9. The van der Waals surface area contributed by atoms with Crippen LogP contribution in [0.4, 0.5) is 10.1 Å². The molecule has 0 spiro atoms. The Labute approximate surface area is 185 Å². The minimum atomic E-state index is -0.515. The van der Waals surface area contributed by atoms with Crippen LogP contribution in [0.5, 0.6) is 0 Å². The van der Waals surface area contributed by atoms with Crippen LogP contribution < -0.4 is 21.5 Å². The van der Waals surface area contributed by atoms with Gasteiger partial charge in [-0.25, -0.2) is 4.39 Å². The van der Waals surface area contributed by atoms with E-state index in [4.69, 9.17) is 12.2 Å². The van der Waals surface area contributed by atoms with Crippen molar-refractivity contribution in [2.24, 2.45) is 0 Å². The lowest BCUT2D eigenvalue weighted by Crippen LogP contribution is -2.48. The number of benzene rings is 2. The molecule has 2 aromatic rings. The van der Waals surface area contributed by atoms with Crippen LogP contribution in [0, 0.1) is 5.82 Å². The molecule has 3 amide bonds. The van der Waals surface area contributed by atoms with Crippen molar-refractivity contribution < 1.29 is 18.8 Å². The van der Waals surface area contributed by atoms with Crippen molar-refractivity contribution >= 4 is 46.8 Å². The van der Waals surface area contributed by atoms with Gasteiger partial charge < -0.3 is 5.32 Å². The maximum absolute atomic E-state index is 12.9. The zero-order valence-electron chi connectivity index (χ0n) is 16.9. The Hall–Kier alpha value is -3.59. The van der Waals surface area contributed by atoms with Crippen molar-refractivity contribution in [1.29, 1.82) is 0 Å². The first-order valence-electron chi connectivity index (χ1n) is 9.62. The summed E-state index contributed by atoms with van der Waals surface area (Å²) in [7, 11) is 0. The van der Waals surface area contributed by atoms with Crippen LogP contribution in [-0.4, -0.2) is 22.8 Å². The predicted molar refractivity (Wildman–Crippen MR) is 121 cm³/mol. The highest BCUT2D eigenvalue weighted by Crippen LogP contribution is 2.10. The lowest BCUT2D eigenvalue weighted by molar-refractivity contribution is -0.116. The molecule has 0 bridgehead atoms. The molecule has 0 unspecified atom stereocenters. The summed E-state index contributed by atoms with van der Waals surface area (Å²) in [5, 5.41) is 5.04. The van der Waals surface area contributed by atoms with Crippen LogP contribution in [0.3, 0.4) is 0 Å². The Morgan fingerprint density at radius 1 is 1.00 bits per heavy atom. The van der Waals surface area contributed by atoms with Crippen LogP contribution in [0.15, 0.2) is 54.6 Å². The van der Waals surface area contributed by atoms with Crippen molar-refractivity contribution in [1.82, 2.24) is 16.2 Å². The topological polar surface area (TPSA) is 99.3 Å². The van der Waals surface area contributed by atoms with Gasteiger partial charge in [-0.1, -0.05) is 25.5 Å². The van der Waals surface area contributed by atoms with E-state index >= 15 is 0 Å². The Bertz CT molecular complexity index is 960.